The van der Waals surface area contributed by atoms with Gasteiger partial charge >= 0.3 is 5.97 Å². The van der Waals surface area contributed by atoms with E-state index in [2.05, 4.69) is 28.2 Å². The van der Waals surface area contributed by atoms with Crippen molar-refractivity contribution in [2.24, 2.45) is 5.92 Å². The second kappa shape index (κ2) is 8.89. The van der Waals surface area contributed by atoms with Gasteiger partial charge in [-0.1, -0.05) is 19.1 Å². The molecule has 0 saturated carbocycles. The van der Waals surface area contributed by atoms with Crippen LogP contribution in [0, 0.1) is 5.92 Å². The van der Waals surface area contributed by atoms with E-state index in [1.54, 1.807) is 13.0 Å². The molecule has 1 aromatic carbocycles. The number of amides is 1. The molecule has 0 radical (unpaired) electrons. The van der Waals surface area contributed by atoms with Crippen molar-refractivity contribution in [2.45, 2.75) is 33.1 Å². The topological polar surface area (TPSA) is 64.6 Å². The first-order valence-corrected chi connectivity index (χ1v) is 10.6. The third-order valence-electron chi connectivity index (χ3n) is 4.44. The Balaban J connectivity index is 1.76. The third-order valence-corrected chi connectivity index (χ3v) is 6.26. The summed E-state index contributed by atoms with van der Waals surface area (Å²) in [5.74, 6) is 0.501. The van der Waals surface area contributed by atoms with Gasteiger partial charge in [0, 0.05) is 4.88 Å². The maximum Gasteiger partial charge on any atom is 0.341 e. The van der Waals surface area contributed by atoms with Crippen molar-refractivity contribution in [2.75, 3.05) is 18.5 Å². The number of fused-ring (bicyclic) bond motifs is 1. The van der Waals surface area contributed by atoms with E-state index < -0.39 is 0 Å². The minimum Gasteiger partial charge on any atom is -0.483 e. The Bertz CT molecular complexity index is 849. The number of rotatable bonds is 6. The molecule has 0 fully saturated rings. The van der Waals surface area contributed by atoms with Crippen molar-refractivity contribution in [1.82, 2.24) is 0 Å². The molecule has 1 atom stereocenters. The molecule has 0 saturated heterocycles. The van der Waals surface area contributed by atoms with Gasteiger partial charge in [-0.15, -0.1) is 11.3 Å². The van der Waals surface area contributed by atoms with Crippen molar-refractivity contribution in [3.63, 3.8) is 0 Å². The Morgan fingerprint density at radius 1 is 1.33 bits per heavy atom. The Morgan fingerprint density at radius 3 is 2.85 bits per heavy atom. The lowest BCUT2D eigenvalue weighted by atomic mass is 9.88. The van der Waals surface area contributed by atoms with Gasteiger partial charge in [0.15, 0.2) is 6.61 Å². The van der Waals surface area contributed by atoms with Gasteiger partial charge in [-0.25, -0.2) is 4.79 Å². The van der Waals surface area contributed by atoms with E-state index in [-0.39, 0.29) is 18.5 Å². The van der Waals surface area contributed by atoms with E-state index >= 15 is 0 Å². The summed E-state index contributed by atoms with van der Waals surface area (Å²) in [7, 11) is 0. The molecule has 2 aromatic rings. The second-order valence-electron chi connectivity index (χ2n) is 6.54. The summed E-state index contributed by atoms with van der Waals surface area (Å²) in [5, 5.41) is 3.41. The van der Waals surface area contributed by atoms with Crippen molar-refractivity contribution in [3.05, 3.63) is 44.7 Å². The van der Waals surface area contributed by atoms with Crippen LogP contribution >= 0.6 is 27.3 Å². The maximum atomic E-state index is 12.5. The SMILES string of the molecule is CCOC(=O)c1c(NC(=O)COc2ccccc2Br)sc2c1CCC(C)C2. The number of carbonyl (C=O) groups excluding carboxylic acids is 2. The van der Waals surface area contributed by atoms with Gasteiger partial charge in [0.05, 0.1) is 16.6 Å². The standard InChI is InChI=1S/C20H22BrNO4S/c1-3-25-20(24)18-13-9-8-12(2)10-16(13)27-19(18)22-17(23)11-26-15-7-5-4-6-14(15)21/h4-7,12H,3,8-11H2,1-2H3,(H,22,23). The number of ether oxygens (including phenoxy) is 2. The van der Waals surface area contributed by atoms with E-state index in [4.69, 9.17) is 9.47 Å². The van der Waals surface area contributed by atoms with Gasteiger partial charge in [0.1, 0.15) is 10.8 Å². The number of thiophene rings is 1. The molecule has 1 N–H and O–H groups in total. The van der Waals surface area contributed by atoms with Crippen LogP contribution in [0.5, 0.6) is 5.75 Å². The number of para-hydroxylation sites is 1. The second-order valence-corrected chi connectivity index (χ2v) is 8.50. The van der Waals surface area contributed by atoms with Gasteiger partial charge in [0.25, 0.3) is 5.91 Å². The predicted molar refractivity (Wildman–Crippen MR) is 110 cm³/mol. The van der Waals surface area contributed by atoms with E-state index in [1.807, 2.05) is 18.2 Å². The molecule has 1 aliphatic rings. The van der Waals surface area contributed by atoms with Crippen LogP contribution in [0.4, 0.5) is 5.00 Å². The number of nitrogens with one attached hydrogen (secondary N) is 1. The highest BCUT2D eigenvalue weighted by molar-refractivity contribution is 9.10. The summed E-state index contributed by atoms with van der Waals surface area (Å²) in [4.78, 5) is 26.1. The summed E-state index contributed by atoms with van der Waals surface area (Å²) >= 11 is 4.86. The van der Waals surface area contributed by atoms with Gasteiger partial charge in [-0.2, -0.15) is 0 Å². The van der Waals surface area contributed by atoms with Crippen molar-refractivity contribution in [3.8, 4) is 5.75 Å². The first-order valence-electron chi connectivity index (χ1n) is 8.98. The lowest BCUT2D eigenvalue weighted by Crippen LogP contribution is -2.21. The summed E-state index contributed by atoms with van der Waals surface area (Å²) in [5.41, 5.74) is 1.54. The van der Waals surface area contributed by atoms with E-state index in [1.165, 1.54) is 16.2 Å². The zero-order chi connectivity index (χ0) is 19.4. The Labute approximate surface area is 171 Å². The summed E-state index contributed by atoms with van der Waals surface area (Å²) in [6, 6.07) is 7.35. The molecule has 1 unspecified atom stereocenters. The molecule has 144 valence electrons. The number of esters is 1. The minimum atomic E-state index is -0.369. The summed E-state index contributed by atoms with van der Waals surface area (Å²) < 4.78 is 11.6. The fourth-order valence-electron chi connectivity index (χ4n) is 3.13. The monoisotopic (exact) mass is 451 g/mol. The van der Waals surface area contributed by atoms with Crippen LogP contribution in [0.15, 0.2) is 28.7 Å². The third kappa shape index (κ3) is 4.71. The number of benzene rings is 1. The smallest absolute Gasteiger partial charge is 0.341 e. The molecule has 27 heavy (non-hydrogen) atoms. The number of halogens is 1. The van der Waals surface area contributed by atoms with Crippen molar-refractivity contribution in [1.29, 1.82) is 0 Å². The van der Waals surface area contributed by atoms with Crippen LogP contribution in [-0.2, 0) is 22.4 Å². The van der Waals surface area contributed by atoms with Gasteiger partial charge < -0.3 is 14.8 Å². The van der Waals surface area contributed by atoms with Crippen LogP contribution in [-0.4, -0.2) is 25.1 Å². The van der Waals surface area contributed by atoms with Crippen LogP contribution in [0.1, 0.15) is 41.1 Å². The fourth-order valence-corrected chi connectivity index (χ4v) is 4.94. The van der Waals surface area contributed by atoms with Crippen LogP contribution in [0.2, 0.25) is 0 Å². The number of anilines is 1. The van der Waals surface area contributed by atoms with Crippen LogP contribution in [0.25, 0.3) is 0 Å². The normalized spacial score (nSPS) is 15.7. The van der Waals surface area contributed by atoms with Crippen molar-refractivity contribution >= 4 is 44.1 Å². The summed E-state index contributed by atoms with van der Waals surface area (Å²) in [6.45, 7) is 4.15. The van der Waals surface area contributed by atoms with Gasteiger partial charge in [-0.3, -0.25) is 4.79 Å². The Kier molecular flexibility index (Phi) is 6.55. The highest BCUT2D eigenvalue weighted by atomic mass is 79.9. The fraction of sp³-hybridized carbons (Fsp3) is 0.400. The molecule has 1 heterocycles. The van der Waals surface area contributed by atoms with Crippen molar-refractivity contribution < 1.29 is 19.1 Å². The first kappa shape index (κ1) is 19.9. The molecular formula is C20H22BrNO4S. The highest BCUT2D eigenvalue weighted by Crippen LogP contribution is 2.40. The van der Waals surface area contributed by atoms with E-state index in [0.29, 0.717) is 28.8 Å². The lowest BCUT2D eigenvalue weighted by Gasteiger charge is -2.18. The quantitative estimate of drug-likeness (QED) is 0.638. The minimum absolute atomic E-state index is 0.135. The first-order chi connectivity index (χ1) is 13.0. The van der Waals surface area contributed by atoms with Crippen LogP contribution < -0.4 is 10.1 Å². The van der Waals surface area contributed by atoms with E-state index in [9.17, 15) is 9.59 Å². The molecule has 1 amide bonds. The molecule has 0 spiro atoms. The number of hydrogen-bond acceptors (Lipinski definition) is 5. The molecule has 3 rings (SSSR count). The predicted octanol–water partition coefficient (Wildman–Crippen LogP) is 4.83. The Hall–Kier alpha value is -1.86. The molecule has 7 heteroatoms. The van der Waals surface area contributed by atoms with Gasteiger partial charge in [-0.05, 0) is 65.7 Å². The van der Waals surface area contributed by atoms with Gasteiger partial charge in [0.2, 0.25) is 0 Å². The number of hydrogen-bond donors (Lipinski definition) is 1. The summed E-state index contributed by atoms with van der Waals surface area (Å²) in [6.07, 6.45) is 2.80. The largest absolute Gasteiger partial charge is 0.483 e. The zero-order valence-corrected chi connectivity index (χ0v) is 17.7. The molecule has 0 aliphatic heterocycles. The average molecular weight is 452 g/mol. The molecule has 1 aromatic heterocycles. The zero-order valence-electron chi connectivity index (χ0n) is 15.3. The average Bonchev–Trinajstić information content (AvgIpc) is 2.98. The van der Waals surface area contributed by atoms with Crippen LogP contribution in [0.3, 0.4) is 0 Å². The number of carbonyl (C=O) groups is 2. The molecule has 5 nitrogen and oxygen atoms in total. The van der Waals surface area contributed by atoms with E-state index in [0.717, 1.165) is 29.3 Å². The highest BCUT2D eigenvalue weighted by Gasteiger charge is 2.29. The molecule has 0 bridgehead atoms. The maximum absolute atomic E-state index is 12.5. The molecular weight excluding hydrogens is 430 g/mol. The lowest BCUT2D eigenvalue weighted by molar-refractivity contribution is -0.118. The Morgan fingerprint density at radius 2 is 2.11 bits per heavy atom. The molecule has 1 aliphatic carbocycles.